The molecule has 9 nitrogen and oxygen atoms in total. The van der Waals surface area contributed by atoms with Crippen molar-refractivity contribution in [3.05, 3.63) is 55.6 Å². The summed E-state index contributed by atoms with van der Waals surface area (Å²) >= 11 is 6.64. The van der Waals surface area contributed by atoms with Crippen LogP contribution in [0.25, 0.3) is 10.9 Å². The zero-order chi connectivity index (χ0) is 24.0. The van der Waals surface area contributed by atoms with Crippen LogP contribution >= 0.6 is 11.6 Å². The summed E-state index contributed by atoms with van der Waals surface area (Å²) in [6, 6.07) is 7.21. The summed E-state index contributed by atoms with van der Waals surface area (Å²) < 4.78 is 9.48. The first-order valence-electron chi connectivity index (χ1n) is 10.8. The molecule has 3 aromatic rings. The summed E-state index contributed by atoms with van der Waals surface area (Å²) in [5.41, 5.74) is 1.23. The molecular formula is C23H23ClIN6O3-. The molecule has 34 heavy (non-hydrogen) atoms. The van der Waals surface area contributed by atoms with Crippen LogP contribution in [0, 0.1) is 0 Å². The van der Waals surface area contributed by atoms with E-state index in [4.69, 9.17) is 16.3 Å². The average molecular weight is 594 g/mol. The molecule has 1 fully saturated rings. The number of aromatic nitrogens is 3. The van der Waals surface area contributed by atoms with Crippen molar-refractivity contribution in [1.82, 2.24) is 19.9 Å². The molecule has 1 amide bonds. The number of fused-ring (bicyclic) bond motifs is 2. The molecule has 178 valence electrons. The number of amides is 1. The zero-order valence-corrected chi connectivity index (χ0v) is 21.7. The first-order chi connectivity index (χ1) is 16.3. The van der Waals surface area contributed by atoms with Gasteiger partial charge in [-0.1, -0.05) is 0 Å². The minimum Gasteiger partial charge on any atom is -0.265 e. The van der Waals surface area contributed by atoms with E-state index >= 15 is 0 Å². The monoisotopic (exact) mass is 593 g/mol. The predicted molar refractivity (Wildman–Crippen MR) is 128 cm³/mol. The maximum atomic E-state index is 13.0. The van der Waals surface area contributed by atoms with Crippen LogP contribution in [-0.4, -0.2) is 44.6 Å². The number of nitrogens with one attached hydrogen (secondary N) is 2. The third-order valence-corrected chi connectivity index (χ3v) is 8.72. The first-order valence-corrected chi connectivity index (χ1v) is 13.5. The Morgan fingerprint density at radius 3 is 2.88 bits per heavy atom. The summed E-state index contributed by atoms with van der Waals surface area (Å²) in [7, 11) is 1.52. The number of likely N-dealkylation sites (N-methyl/N-ethyl adjacent to an activating group) is 1. The molecule has 0 bridgehead atoms. The van der Waals surface area contributed by atoms with Crippen molar-refractivity contribution in [2.45, 2.75) is 23.8 Å². The zero-order valence-electron chi connectivity index (χ0n) is 18.8. The van der Waals surface area contributed by atoms with Gasteiger partial charge in [-0.3, -0.25) is 9.59 Å². The van der Waals surface area contributed by atoms with Crippen LogP contribution in [0.1, 0.15) is 19.9 Å². The van der Waals surface area contributed by atoms with Gasteiger partial charge in [0.05, 0.1) is 0 Å². The fourth-order valence-electron chi connectivity index (χ4n) is 3.82. The van der Waals surface area contributed by atoms with Crippen molar-refractivity contribution in [3.8, 4) is 5.75 Å². The quantitative estimate of drug-likeness (QED) is 0.295. The fourth-order valence-corrected chi connectivity index (χ4v) is 6.12. The minimum absolute atomic E-state index is 0.0977. The molecule has 1 aromatic carbocycles. The number of ether oxygens (including phenoxy) is 1. The number of carbonyl (C=O) groups excluding carboxylic acids is 1. The molecule has 1 atom stereocenters. The maximum absolute atomic E-state index is 13.0. The molecule has 2 N–H and O–H groups in total. The molecule has 1 saturated heterocycles. The molecular weight excluding hydrogens is 571 g/mol. The van der Waals surface area contributed by atoms with E-state index in [0.717, 1.165) is 27.1 Å². The molecule has 2 aromatic heterocycles. The molecule has 2 aliphatic rings. The van der Waals surface area contributed by atoms with Crippen molar-refractivity contribution in [2.75, 3.05) is 30.4 Å². The molecule has 2 aliphatic heterocycles. The van der Waals surface area contributed by atoms with E-state index in [9.17, 15) is 9.59 Å². The van der Waals surface area contributed by atoms with Gasteiger partial charge < -0.3 is 10.1 Å². The smallest absolute Gasteiger partial charge is 0.265 e. The van der Waals surface area contributed by atoms with E-state index < -0.39 is 0 Å². The molecule has 5 rings (SSSR count). The SMILES string of the molecule is CNC(=O)COc1cc2cc(Nc3nc(N4C=C5[I-]C5C4)ncc3Cl)ccc2n(C(C)C)c1=O. The van der Waals surface area contributed by atoms with Crippen molar-refractivity contribution in [1.29, 1.82) is 0 Å². The molecule has 0 radical (unpaired) electrons. The van der Waals surface area contributed by atoms with Gasteiger partial charge >= 0.3 is 147 Å². The molecule has 0 aliphatic carbocycles. The number of alkyl halides is 1. The normalized spacial score (nSPS) is 16.7. The summed E-state index contributed by atoms with van der Waals surface area (Å²) in [4.78, 5) is 35.7. The number of benzene rings is 1. The Hall–Kier alpha value is -2.86. The standard InChI is InChI=1S/C23H23ClIN6O3/c1-12(2)31-18-5-4-14(6-13(18)7-19(22(31)33)34-11-20(32)26-3)28-21-15(24)8-27-23(29-21)30-9-16-17(10-30)25-16/h4-9,12,17H,10-11H2,1-3H3,(H,26,32)(H,27,28,29)/q-1. The Balaban J connectivity index is 1.48. The average Bonchev–Trinajstić information content (AvgIpc) is 3.43. The summed E-state index contributed by atoms with van der Waals surface area (Å²) in [6.45, 7) is 4.57. The van der Waals surface area contributed by atoms with E-state index in [1.807, 2.05) is 32.0 Å². The van der Waals surface area contributed by atoms with Crippen LogP contribution in [0.4, 0.5) is 17.5 Å². The van der Waals surface area contributed by atoms with Gasteiger partial charge in [-0.2, -0.15) is 0 Å². The fraction of sp³-hybridized carbons (Fsp3) is 0.304. The molecule has 0 saturated carbocycles. The summed E-state index contributed by atoms with van der Waals surface area (Å²) in [6.07, 6.45) is 3.76. The van der Waals surface area contributed by atoms with Crippen LogP contribution in [0.2, 0.25) is 5.02 Å². The van der Waals surface area contributed by atoms with Gasteiger partial charge in [0.2, 0.25) is 0 Å². The van der Waals surface area contributed by atoms with Crippen LogP contribution < -0.4 is 47.0 Å². The van der Waals surface area contributed by atoms with Crippen molar-refractivity contribution >= 4 is 45.9 Å². The van der Waals surface area contributed by atoms with Gasteiger partial charge in [-0.15, -0.1) is 0 Å². The van der Waals surface area contributed by atoms with E-state index in [1.165, 1.54) is 7.05 Å². The summed E-state index contributed by atoms with van der Waals surface area (Å²) in [5, 5.41) is 6.96. The van der Waals surface area contributed by atoms with Crippen molar-refractivity contribution in [3.63, 3.8) is 0 Å². The van der Waals surface area contributed by atoms with Gasteiger partial charge in [-0.25, -0.2) is 0 Å². The van der Waals surface area contributed by atoms with E-state index in [-0.39, 0.29) is 51.1 Å². The Morgan fingerprint density at radius 1 is 1.35 bits per heavy atom. The second kappa shape index (κ2) is 9.06. The first kappa shape index (κ1) is 22.9. The van der Waals surface area contributed by atoms with Gasteiger partial charge in [0.1, 0.15) is 0 Å². The Morgan fingerprint density at radius 2 is 2.18 bits per heavy atom. The second-order valence-electron chi connectivity index (χ2n) is 8.25. The second-order valence-corrected chi connectivity index (χ2v) is 12.0. The number of carbonyl (C=O) groups is 1. The summed E-state index contributed by atoms with van der Waals surface area (Å²) in [5.74, 6) is 0.934. The molecule has 11 heteroatoms. The van der Waals surface area contributed by atoms with Crippen LogP contribution in [0.3, 0.4) is 0 Å². The number of anilines is 3. The Labute approximate surface area is 211 Å². The predicted octanol–water partition coefficient (Wildman–Crippen LogP) is 0.0268. The molecule has 0 spiro atoms. The number of halogens is 2. The Bertz CT molecular complexity index is 1390. The van der Waals surface area contributed by atoms with Crippen LogP contribution in [-0.2, 0) is 4.79 Å². The third kappa shape index (κ3) is 4.43. The topological polar surface area (TPSA) is 101 Å². The van der Waals surface area contributed by atoms with E-state index in [0.29, 0.717) is 16.8 Å². The van der Waals surface area contributed by atoms with Crippen molar-refractivity contribution < 1.29 is 30.7 Å². The van der Waals surface area contributed by atoms with E-state index in [2.05, 4.69) is 31.7 Å². The molecule has 4 heterocycles. The van der Waals surface area contributed by atoms with Crippen LogP contribution in [0.15, 0.2) is 45.0 Å². The van der Waals surface area contributed by atoms with Crippen LogP contribution in [0.5, 0.6) is 5.75 Å². The van der Waals surface area contributed by atoms with Gasteiger partial charge in [0, 0.05) is 13.1 Å². The number of hydrogen-bond acceptors (Lipinski definition) is 7. The number of nitrogens with zero attached hydrogens (tertiary/aromatic N) is 4. The number of rotatable bonds is 7. The van der Waals surface area contributed by atoms with Gasteiger partial charge in [-0.05, 0) is 13.8 Å². The third-order valence-electron chi connectivity index (χ3n) is 5.55. The number of pyridine rings is 1. The minimum atomic E-state index is -0.312. The number of hydrogen-bond donors (Lipinski definition) is 2. The van der Waals surface area contributed by atoms with E-state index in [1.54, 1.807) is 20.4 Å². The van der Waals surface area contributed by atoms with Gasteiger partial charge in [0.15, 0.2) is 6.61 Å². The Kier molecular flexibility index (Phi) is 6.11. The van der Waals surface area contributed by atoms with Gasteiger partial charge in [0.25, 0.3) is 11.5 Å². The molecule has 1 unspecified atom stereocenters. The van der Waals surface area contributed by atoms with Crippen molar-refractivity contribution in [2.24, 2.45) is 0 Å².